The van der Waals surface area contributed by atoms with E-state index in [4.69, 9.17) is 4.43 Å². The van der Waals surface area contributed by atoms with Gasteiger partial charge in [0.25, 0.3) is 5.69 Å². The minimum absolute atomic E-state index is 0.0470. The van der Waals surface area contributed by atoms with Gasteiger partial charge in [0.15, 0.2) is 14.6 Å². The van der Waals surface area contributed by atoms with Gasteiger partial charge in [-0.1, -0.05) is 27.2 Å². The summed E-state index contributed by atoms with van der Waals surface area (Å²) in [5.74, 6) is 0.888. The number of hydrogen-bond donors (Lipinski definition) is 0. The van der Waals surface area contributed by atoms with E-state index in [0.29, 0.717) is 11.8 Å². The van der Waals surface area contributed by atoms with Crippen molar-refractivity contribution in [2.75, 3.05) is 12.4 Å². The molecule has 0 amide bonds. The number of nitrogens with zero attached hydrogens (tertiary/aromatic N) is 1. The first-order chi connectivity index (χ1) is 11.6. The lowest BCUT2D eigenvalue weighted by Crippen LogP contribution is -2.40. The van der Waals surface area contributed by atoms with Gasteiger partial charge < -0.3 is 4.43 Å². The molecule has 5 nitrogen and oxygen atoms in total. The fourth-order valence-corrected chi connectivity index (χ4v) is 4.07. The molecule has 0 fully saturated rings. The first-order valence-corrected chi connectivity index (χ1v) is 12.5. The molecule has 25 heavy (non-hydrogen) atoms. The molecule has 7 heteroatoms. The number of aldehydes is 1. The van der Waals surface area contributed by atoms with Crippen molar-refractivity contribution < 1.29 is 14.1 Å². The smallest absolute Gasteiger partial charge is 0.270 e. The molecule has 0 atom stereocenters. The maximum absolute atomic E-state index is 11.1. The fourth-order valence-electron chi connectivity index (χ4n) is 1.98. The van der Waals surface area contributed by atoms with Gasteiger partial charge in [0.1, 0.15) is 0 Å². The molecule has 0 spiro atoms. The molecule has 1 aromatic rings. The summed E-state index contributed by atoms with van der Waals surface area (Å²) in [6.07, 6.45) is 3.82. The quantitative estimate of drug-likeness (QED) is 0.130. The van der Waals surface area contributed by atoms with E-state index in [2.05, 4.69) is 33.9 Å². The Kier molecular flexibility index (Phi) is 8.30. The van der Waals surface area contributed by atoms with Crippen molar-refractivity contribution in [2.24, 2.45) is 0 Å². The monoisotopic (exact) mass is 383 g/mol. The molecule has 0 aliphatic rings. The van der Waals surface area contributed by atoms with Gasteiger partial charge in [0.05, 0.1) is 4.92 Å². The predicted molar refractivity (Wildman–Crippen MR) is 106 cm³/mol. The highest BCUT2D eigenvalue weighted by atomic mass is 32.2. The summed E-state index contributed by atoms with van der Waals surface area (Å²) in [4.78, 5) is 22.2. The summed E-state index contributed by atoms with van der Waals surface area (Å²) in [6, 6.07) is 4.44. The van der Waals surface area contributed by atoms with Gasteiger partial charge in [-0.05, 0) is 42.8 Å². The minimum atomic E-state index is -1.65. The van der Waals surface area contributed by atoms with Crippen LogP contribution in [-0.4, -0.2) is 31.9 Å². The third-order valence-corrected chi connectivity index (χ3v) is 10.4. The predicted octanol–water partition coefficient (Wildman–Crippen LogP) is 5.69. The number of non-ortho nitro benzene ring substituents is 1. The number of nitro benzene ring substituents is 1. The van der Waals surface area contributed by atoms with Gasteiger partial charge in [-0.15, -0.1) is 11.8 Å². The van der Waals surface area contributed by atoms with Crippen LogP contribution in [0, 0.1) is 10.1 Å². The van der Waals surface area contributed by atoms with Crippen LogP contribution in [0.15, 0.2) is 23.1 Å². The first-order valence-electron chi connectivity index (χ1n) is 8.59. The lowest BCUT2D eigenvalue weighted by molar-refractivity contribution is -0.384. The van der Waals surface area contributed by atoms with Crippen molar-refractivity contribution in [1.82, 2.24) is 0 Å². The highest BCUT2D eigenvalue weighted by Crippen LogP contribution is 2.36. The standard InChI is InChI=1S/C18H29NO4SSi/c1-18(2,3)25(4,5)23-11-7-6-8-12-24-17-10-9-16(19(21)22)13-15(17)14-20/h9-10,13-14H,6-8,11-12H2,1-5H3. The molecular weight excluding hydrogens is 354 g/mol. The van der Waals surface area contributed by atoms with Gasteiger partial charge in [0, 0.05) is 29.2 Å². The molecule has 0 unspecified atom stereocenters. The summed E-state index contributed by atoms with van der Waals surface area (Å²) < 4.78 is 6.15. The summed E-state index contributed by atoms with van der Waals surface area (Å²) in [6.45, 7) is 12.1. The molecule has 0 N–H and O–H groups in total. The van der Waals surface area contributed by atoms with Crippen LogP contribution in [0.4, 0.5) is 5.69 Å². The summed E-state index contributed by atoms with van der Waals surface area (Å²) in [5, 5.41) is 11.0. The van der Waals surface area contributed by atoms with Gasteiger partial charge in [-0.2, -0.15) is 0 Å². The molecule has 0 aliphatic carbocycles. The average Bonchev–Trinajstić information content (AvgIpc) is 2.52. The van der Waals surface area contributed by atoms with Crippen LogP contribution < -0.4 is 0 Å². The highest BCUT2D eigenvalue weighted by Gasteiger charge is 2.36. The number of thioether (sulfide) groups is 1. The summed E-state index contributed by atoms with van der Waals surface area (Å²) in [7, 11) is -1.65. The van der Waals surface area contributed by atoms with E-state index in [-0.39, 0.29) is 10.7 Å². The molecule has 0 aliphatic heterocycles. The third-order valence-electron chi connectivity index (χ3n) is 4.65. The highest BCUT2D eigenvalue weighted by molar-refractivity contribution is 7.99. The van der Waals surface area contributed by atoms with Crippen molar-refractivity contribution in [3.8, 4) is 0 Å². The van der Waals surface area contributed by atoms with E-state index < -0.39 is 13.2 Å². The lowest BCUT2D eigenvalue weighted by Gasteiger charge is -2.36. The summed E-state index contributed by atoms with van der Waals surface area (Å²) in [5.41, 5.74) is 0.342. The minimum Gasteiger partial charge on any atom is -0.417 e. The van der Waals surface area contributed by atoms with Crippen molar-refractivity contribution in [2.45, 2.75) is 63.1 Å². The zero-order valence-corrected chi connectivity index (χ0v) is 17.6. The Hall–Kier alpha value is -1.18. The van der Waals surface area contributed by atoms with Crippen molar-refractivity contribution in [3.05, 3.63) is 33.9 Å². The van der Waals surface area contributed by atoms with Gasteiger partial charge >= 0.3 is 0 Å². The summed E-state index contributed by atoms with van der Waals surface area (Å²) >= 11 is 1.57. The molecule has 0 aromatic heterocycles. The lowest BCUT2D eigenvalue weighted by atomic mass is 10.2. The molecule has 0 radical (unpaired) electrons. The molecule has 0 saturated heterocycles. The Bertz CT molecular complexity index is 599. The van der Waals surface area contributed by atoms with Crippen LogP contribution in [0.5, 0.6) is 0 Å². The topological polar surface area (TPSA) is 69.4 Å². The number of hydrogen-bond acceptors (Lipinski definition) is 5. The fraction of sp³-hybridized carbons (Fsp3) is 0.611. The largest absolute Gasteiger partial charge is 0.417 e. The van der Waals surface area contributed by atoms with Gasteiger partial charge in [-0.25, -0.2) is 0 Å². The SMILES string of the molecule is CC(C)(C)[Si](C)(C)OCCCCCSc1ccc([N+](=O)[O-])cc1C=O. The Morgan fingerprint density at radius 2 is 1.92 bits per heavy atom. The van der Waals surface area contributed by atoms with Crippen LogP contribution in [0.1, 0.15) is 50.4 Å². The van der Waals surface area contributed by atoms with Crippen LogP contribution in [0.25, 0.3) is 0 Å². The van der Waals surface area contributed by atoms with E-state index in [1.807, 2.05) is 0 Å². The van der Waals surface area contributed by atoms with Gasteiger partial charge in [-0.3, -0.25) is 14.9 Å². The van der Waals surface area contributed by atoms with Crippen LogP contribution in [-0.2, 0) is 4.43 Å². The van der Waals surface area contributed by atoms with E-state index in [9.17, 15) is 14.9 Å². The van der Waals surface area contributed by atoms with Crippen LogP contribution >= 0.6 is 11.8 Å². The van der Waals surface area contributed by atoms with Gasteiger partial charge in [0.2, 0.25) is 0 Å². The Morgan fingerprint density at radius 1 is 1.24 bits per heavy atom. The first kappa shape index (κ1) is 21.9. The zero-order valence-electron chi connectivity index (χ0n) is 15.8. The second-order valence-corrected chi connectivity index (χ2v) is 13.6. The number of benzene rings is 1. The number of rotatable bonds is 10. The van der Waals surface area contributed by atoms with E-state index in [0.717, 1.165) is 36.5 Å². The molecule has 1 aromatic carbocycles. The maximum atomic E-state index is 11.1. The van der Waals surface area contributed by atoms with Crippen molar-refractivity contribution in [3.63, 3.8) is 0 Å². The van der Waals surface area contributed by atoms with Crippen LogP contribution in [0.2, 0.25) is 18.1 Å². The third kappa shape index (κ3) is 6.91. The van der Waals surface area contributed by atoms with Crippen molar-refractivity contribution >= 4 is 32.1 Å². The van der Waals surface area contributed by atoms with Crippen molar-refractivity contribution in [1.29, 1.82) is 0 Å². The maximum Gasteiger partial charge on any atom is 0.270 e. The molecule has 140 valence electrons. The molecule has 0 bridgehead atoms. The zero-order chi connectivity index (χ0) is 19.1. The Morgan fingerprint density at radius 3 is 2.48 bits per heavy atom. The number of unbranched alkanes of at least 4 members (excludes halogenated alkanes) is 2. The second kappa shape index (κ2) is 9.50. The Balaban J connectivity index is 2.33. The number of carbonyl (C=O) groups is 1. The molecule has 0 heterocycles. The van der Waals surface area contributed by atoms with E-state index >= 15 is 0 Å². The second-order valence-electron chi connectivity index (χ2n) is 7.61. The molecule has 1 rings (SSSR count). The Labute approximate surface area is 155 Å². The van der Waals surface area contributed by atoms with E-state index in [1.54, 1.807) is 17.8 Å². The molecule has 0 saturated carbocycles. The van der Waals surface area contributed by atoms with E-state index in [1.165, 1.54) is 12.1 Å². The number of nitro groups is 1. The number of carbonyl (C=O) groups excluding carboxylic acids is 1. The normalized spacial score (nSPS) is 12.2. The molecular formula is C18H29NO4SSi. The average molecular weight is 384 g/mol. The van der Waals surface area contributed by atoms with Crippen LogP contribution in [0.3, 0.4) is 0 Å².